The molecule has 1 aromatic rings. The highest BCUT2D eigenvalue weighted by Crippen LogP contribution is 2.39. The maximum atomic E-state index is 6.35. The number of benzene rings is 1. The first-order chi connectivity index (χ1) is 11.4. The van der Waals surface area contributed by atoms with Gasteiger partial charge in [0.15, 0.2) is 0 Å². The molecule has 130 valence electrons. The van der Waals surface area contributed by atoms with Crippen molar-refractivity contribution in [2.24, 2.45) is 5.92 Å². The lowest BCUT2D eigenvalue weighted by molar-refractivity contribution is 0.00578. The topological polar surface area (TPSA) is 18.5 Å². The molecule has 2 aliphatic rings. The van der Waals surface area contributed by atoms with Crippen molar-refractivity contribution in [1.29, 1.82) is 0 Å². The first kappa shape index (κ1) is 17.8. The second-order valence-corrected chi connectivity index (χ2v) is 8.39. The summed E-state index contributed by atoms with van der Waals surface area (Å²) in [5.74, 6) is 0.677. The molecule has 1 aliphatic heterocycles. The van der Waals surface area contributed by atoms with Gasteiger partial charge in [0, 0.05) is 0 Å². The zero-order chi connectivity index (χ0) is 17.2. The van der Waals surface area contributed by atoms with Crippen molar-refractivity contribution >= 4 is 7.12 Å². The fourth-order valence-corrected chi connectivity index (χ4v) is 3.65. The van der Waals surface area contributed by atoms with Gasteiger partial charge < -0.3 is 9.31 Å². The Hall–Kier alpha value is -1.06. The van der Waals surface area contributed by atoms with Crippen LogP contribution in [0.25, 0.3) is 0 Å². The second-order valence-electron chi connectivity index (χ2n) is 8.39. The molecule has 24 heavy (non-hydrogen) atoms. The van der Waals surface area contributed by atoms with E-state index in [0.717, 1.165) is 6.42 Å². The molecular weight excluding hydrogens is 295 g/mol. The summed E-state index contributed by atoms with van der Waals surface area (Å²) in [5, 5.41) is 0. The van der Waals surface area contributed by atoms with Gasteiger partial charge in [-0.25, -0.2) is 0 Å². The Kier molecular flexibility index (Phi) is 5.22. The third kappa shape index (κ3) is 3.95. The Morgan fingerprint density at radius 2 is 1.58 bits per heavy atom. The Bertz CT molecular complexity index is 555. The highest BCUT2D eigenvalue weighted by atomic mass is 16.7. The predicted octanol–water partition coefficient (Wildman–Crippen LogP) is 5.37. The van der Waals surface area contributed by atoms with E-state index in [1.165, 1.54) is 43.1 Å². The van der Waals surface area contributed by atoms with Crippen LogP contribution >= 0.6 is 0 Å². The maximum absolute atomic E-state index is 6.35. The van der Waals surface area contributed by atoms with Gasteiger partial charge in [-0.2, -0.15) is 0 Å². The molecule has 0 N–H and O–H groups in total. The first-order valence-corrected chi connectivity index (χ1v) is 9.47. The van der Waals surface area contributed by atoms with E-state index in [-0.39, 0.29) is 18.3 Å². The summed E-state index contributed by atoms with van der Waals surface area (Å²) in [7, 11) is -0.225. The van der Waals surface area contributed by atoms with Crippen LogP contribution in [0.4, 0.5) is 0 Å². The highest BCUT2D eigenvalue weighted by Gasteiger charge is 2.52. The molecule has 2 fully saturated rings. The quantitative estimate of drug-likeness (QED) is 0.693. The monoisotopic (exact) mass is 326 g/mol. The standard InChI is InChI=1S/C21H31BO2/c1-20(2)21(3,4)24-22(23-20)19(15-17-11-7-5-8-12-17)16-18-13-9-6-10-14-18/h5,7-8,11-12,16,18H,6,9-10,13-15H2,1-4H3/b19-16+. The summed E-state index contributed by atoms with van der Waals surface area (Å²) in [6.45, 7) is 8.53. The fraction of sp³-hybridized carbons (Fsp3) is 0.619. The number of allylic oxidation sites excluding steroid dienone is 2. The summed E-state index contributed by atoms with van der Waals surface area (Å²) in [5.41, 5.74) is 2.07. The van der Waals surface area contributed by atoms with Crippen molar-refractivity contribution in [3.05, 3.63) is 47.4 Å². The Morgan fingerprint density at radius 1 is 1.00 bits per heavy atom. The van der Waals surface area contributed by atoms with Gasteiger partial charge in [-0.3, -0.25) is 0 Å². The third-order valence-corrected chi connectivity index (χ3v) is 5.91. The minimum absolute atomic E-state index is 0.225. The molecule has 3 heteroatoms. The normalized spacial score (nSPS) is 24.3. The summed E-state index contributed by atoms with van der Waals surface area (Å²) >= 11 is 0. The van der Waals surface area contributed by atoms with Crippen LogP contribution in [0.1, 0.15) is 65.4 Å². The van der Waals surface area contributed by atoms with Crippen LogP contribution in [0.3, 0.4) is 0 Å². The van der Waals surface area contributed by atoms with E-state index in [4.69, 9.17) is 9.31 Å². The molecule has 0 aromatic heterocycles. The van der Waals surface area contributed by atoms with Gasteiger partial charge in [0.2, 0.25) is 0 Å². The lowest BCUT2D eigenvalue weighted by Crippen LogP contribution is -2.41. The molecule has 1 aliphatic carbocycles. The molecule has 1 saturated heterocycles. The largest absolute Gasteiger partial charge is 0.490 e. The molecule has 3 rings (SSSR count). The summed E-state index contributed by atoms with van der Waals surface area (Å²) in [4.78, 5) is 0. The molecule has 1 heterocycles. The number of rotatable bonds is 4. The maximum Gasteiger partial charge on any atom is 0.490 e. The molecule has 2 nitrogen and oxygen atoms in total. The van der Waals surface area contributed by atoms with Crippen LogP contribution in [-0.2, 0) is 15.7 Å². The number of hydrogen-bond acceptors (Lipinski definition) is 2. The van der Waals surface area contributed by atoms with Crippen molar-refractivity contribution in [2.75, 3.05) is 0 Å². The number of hydrogen-bond donors (Lipinski definition) is 0. The van der Waals surface area contributed by atoms with Crippen LogP contribution in [-0.4, -0.2) is 18.3 Å². The van der Waals surface area contributed by atoms with E-state index in [0.29, 0.717) is 5.92 Å². The van der Waals surface area contributed by atoms with Gasteiger partial charge in [0.1, 0.15) is 0 Å². The van der Waals surface area contributed by atoms with E-state index in [9.17, 15) is 0 Å². The molecule has 0 atom stereocenters. The summed E-state index contributed by atoms with van der Waals surface area (Å²) in [6.07, 6.45) is 10.1. The smallest absolute Gasteiger partial charge is 0.400 e. The molecular formula is C21H31BO2. The molecule has 0 bridgehead atoms. The average Bonchev–Trinajstić information content (AvgIpc) is 2.77. The van der Waals surface area contributed by atoms with Gasteiger partial charge in [-0.15, -0.1) is 0 Å². The van der Waals surface area contributed by atoms with Crippen molar-refractivity contribution in [3.8, 4) is 0 Å². The van der Waals surface area contributed by atoms with Crippen LogP contribution < -0.4 is 0 Å². The van der Waals surface area contributed by atoms with Crippen molar-refractivity contribution in [3.63, 3.8) is 0 Å². The van der Waals surface area contributed by atoms with Gasteiger partial charge in [-0.05, 0) is 63.9 Å². The van der Waals surface area contributed by atoms with E-state index in [2.05, 4.69) is 64.1 Å². The molecule has 0 radical (unpaired) electrons. The van der Waals surface area contributed by atoms with Gasteiger partial charge in [0.25, 0.3) is 0 Å². The van der Waals surface area contributed by atoms with E-state index < -0.39 is 0 Å². The van der Waals surface area contributed by atoms with Crippen LogP contribution in [0.2, 0.25) is 0 Å². The van der Waals surface area contributed by atoms with Gasteiger partial charge in [0.05, 0.1) is 11.2 Å². The first-order valence-electron chi connectivity index (χ1n) is 9.47. The van der Waals surface area contributed by atoms with Crippen LogP contribution in [0.15, 0.2) is 41.9 Å². The SMILES string of the molecule is CC1(C)OB(/C(=C/C2CCCCC2)Cc2ccccc2)OC1(C)C. The average molecular weight is 326 g/mol. The molecule has 1 saturated carbocycles. The predicted molar refractivity (Wildman–Crippen MR) is 101 cm³/mol. The molecule has 0 unspecified atom stereocenters. The molecule has 0 amide bonds. The lowest BCUT2D eigenvalue weighted by Gasteiger charge is -2.32. The minimum Gasteiger partial charge on any atom is -0.400 e. The zero-order valence-electron chi connectivity index (χ0n) is 15.7. The second kappa shape index (κ2) is 7.05. The zero-order valence-corrected chi connectivity index (χ0v) is 15.7. The van der Waals surface area contributed by atoms with Crippen LogP contribution in [0.5, 0.6) is 0 Å². The summed E-state index contributed by atoms with van der Waals surface area (Å²) in [6, 6.07) is 10.7. The van der Waals surface area contributed by atoms with Crippen LogP contribution in [0, 0.1) is 5.92 Å². The van der Waals surface area contributed by atoms with E-state index >= 15 is 0 Å². The van der Waals surface area contributed by atoms with E-state index in [1.807, 2.05) is 0 Å². The Labute approximate surface area is 147 Å². The fourth-order valence-electron chi connectivity index (χ4n) is 3.65. The Morgan fingerprint density at radius 3 is 2.17 bits per heavy atom. The lowest BCUT2D eigenvalue weighted by atomic mass is 9.72. The van der Waals surface area contributed by atoms with Crippen molar-refractivity contribution < 1.29 is 9.31 Å². The molecule has 1 aromatic carbocycles. The van der Waals surface area contributed by atoms with Crippen molar-refractivity contribution in [2.45, 2.75) is 77.4 Å². The third-order valence-electron chi connectivity index (χ3n) is 5.91. The molecule has 0 spiro atoms. The van der Waals surface area contributed by atoms with Gasteiger partial charge in [-0.1, -0.05) is 55.7 Å². The summed E-state index contributed by atoms with van der Waals surface area (Å²) < 4.78 is 12.7. The Balaban J connectivity index is 1.83. The van der Waals surface area contributed by atoms with E-state index in [1.54, 1.807) is 0 Å². The van der Waals surface area contributed by atoms with Crippen molar-refractivity contribution in [1.82, 2.24) is 0 Å². The van der Waals surface area contributed by atoms with Gasteiger partial charge >= 0.3 is 7.12 Å². The highest BCUT2D eigenvalue weighted by molar-refractivity contribution is 6.54. The minimum atomic E-state index is -0.278.